The SMILES string of the molecule is CN(C)C(=O)C1(c2ccc(Cl)cc2)CCN(CCN2C(=O)COc3ccc(F)cc32)CC1.CN(C)C(=O)C1(c2ccc(Cl)cc2)CCN(CCN2C(=O)COc3ccccc32)CC1.CN(C)C(=O)C1(c2ccc(Cl)cc2)CCN(CCN2C(=O)CSc3ccccc32)CC1.Cc1ccc2c(c1)N(CCN1CCC(C(=O)N(C)C)(c3ccc(Cl)cc3)CC1)C(=O)CO2. The number of anilines is 4. The van der Waals surface area contributed by atoms with Crippen LogP contribution >= 0.6 is 58.2 Å². The molecule has 8 aromatic rings. The molecule has 8 aliphatic rings. The molecular formula is C97H113Cl4FN12O11S. The van der Waals surface area contributed by atoms with Crippen LogP contribution in [0.2, 0.25) is 20.1 Å². The van der Waals surface area contributed by atoms with Gasteiger partial charge in [-0.3, -0.25) is 38.4 Å². The van der Waals surface area contributed by atoms with Gasteiger partial charge in [0.25, 0.3) is 17.7 Å². The monoisotopic (exact) mass is 1810 g/mol. The van der Waals surface area contributed by atoms with Gasteiger partial charge in [-0.2, -0.15) is 0 Å². The Labute approximate surface area is 763 Å². The van der Waals surface area contributed by atoms with E-state index >= 15 is 0 Å². The third-order valence-corrected chi connectivity index (χ3v) is 27.8. The molecule has 4 fully saturated rings. The molecule has 0 aliphatic carbocycles. The zero-order chi connectivity index (χ0) is 89.8. The van der Waals surface area contributed by atoms with Crippen LogP contribution < -0.4 is 33.8 Å². The molecule has 0 radical (unpaired) electrons. The highest BCUT2D eigenvalue weighted by Crippen LogP contribution is 2.45. The van der Waals surface area contributed by atoms with Crippen LogP contribution in [-0.2, 0) is 60.0 Å². The van der Waals surface area contributed by atoms with Gasteiger partial charge in [-0.15, -0.1) is 11.8 Å². The first-order valence-corrected chi connectivity index (χ1v) is 45.5. The number of carbonyl (C=O) groups is 8. The van der Waals surface area contributed by atoms with E-state index < -0.39 is 27.5 Å². The number of carbonyl (C=O) groups excluding carboxylic acids is 8. The summed E-state index contributed by atoms with van der Waals surface area (Å²) in [5, 5.41) is 2.66. The average Bonchev–Trinajstić information content (AvgIpc) is 0.774. The van der Waals surface area contributed by atoms with E-state index in [2.05, 4.69) is 25.7 Å². The summed E-state index contributed by atoms with van der Waals surface area (Å²) in [5.74, 6) is 2.56. The smallest absolute Gasteiger partial charge is 0.265 e. The predicted molar refractivity (Wildman–Crippen MR) is 497 cm³/mol. The highest BCUT2D eigenvalue weighted by molar-refractivity contribution is 8.00. The number of halogens is 5. The van der Waals surface area contributed by atoms with Crippen molar-refractivity contribution in [3.8, 4) is 17.2 Å². The van der Waals surface area contributed by atoms with E-state index in [0.717, 1.165) is 167 Å². The summed E-state index contributed by atoms with van der Waals surface area (Å²) in [6, 6.07) is 56.5. The molecule has 0 atom stereocenters. The Kier molecular flexibility index (Phi) is 30.9. The summed E-state index contributed by atoms with van der Waals surface area (Å²) < 4.78 is 30.3. The highest BCUT2D eigenvalue weighted by Gasteiger charge is 2.49. The number of piperidine rings is 4. The fourth-order valence-electron chi connectivity index (χ4n) is 18.7. The third kappa shape index (κ3) is 21.3. The van der Waals surface area contributed by atoms with Crippen molar-refractivity contribution >= 4 is 128 Å². The van der Waals surface area contributed by atoms with Crippen LogP contribution in [0.25, 0.3) is 0 Å². The lowest BCUT2D eigenvalue weighted by molar-refractivity contribution is -0.137. The second-order valence-corrected chi connectivity index (χ2v) is 37.1. The maximum atomic E-state index is 13.8. The third-order valence-electron chi connectivity index (χ3n) is 25.8. The molecule has 0 bridgehead atoms. The zero-order valence-electron chi connectivity index (χ0n) is 73.3. The number of likely N-dealkylation sites (tertiary alicyclic amines) is 4. The molecular weight excluding hydrogens is 1700 g/mol. The van der Waals surface area contributed by atoms with Crippen LogP contribution in [0.4, 0.5) is 27.1 Å². The standard InChI is InChI=1S/C25H30ClN3O3.C24H27ClFN3O3.C24H28ClN3O3.C24H28ClN3O2S/c1-18-4-9-22-21(16-18)29(23(30)17-32-22)15-14-28-12-10-25(11-13-28,24(31)27(2)3)19-5-7-20(26)8-6-19;1-27(2)23(31)24(17-3-5-18(25)6-4-17)9-11-28(12-10-24)13-14-29-20-15-19(26)7-8-21(20)32-16-22(29)30;2*1-26(2)23(30)24(18-7-9-19(25)10-8-18)11-13-27(14-12-24)15-16-28-20-5-3-4-6-21(20)31-17-22(28)29/h4-9,16H,10-15,17H2,1-3H3;3-8,15H,9-14,16H2,1-2H3;2*3-10H,11-17H2,1-2H3. The Balaban J connectivity index is 0.000000144. The number of fused-ring (bicyclic) bond motifs is 4. The lowest BCUT2D eigenvalue weighted by Gasteiger charge is -2.43. The van der Waals surface area contributed by atoms with E-state index in [1.807, 2.05) is 222 Å². The van der Waals surface area contributed by atoms with Gasteiger partial charge < -0.3 is 73.0 Å². The molecule has 126 heavy (non-hydrogen) atoms. The van der Waals surface area contributed by atoms with Crippen LogP contribution in [0.3, 0.4) is 0 Å². The molecule has 8 aromatic carbocycles. The van der Waals surface area contributed by atoms with Crippen molar-refractivity contribution in [1.82, 2.24) is 39.2 Å². The summed E-state index contributed by atoms with van der Waals surface area (Å²) in [6.45, 7) is 13.6. The quantitative estimate of drug-likeness (QED) is 0.0696. The summed E-state index contributed by atoms with van der Waals surface area (Å²) in [6.07, 6.45) is 5.80. The summed E-state index contributed by atoms with van der Waals surface area (Å²) >= 11 is 25.9. The molecule has 8 amide bonds. The van der Waals surface area contributed by atoms with Crippen LogP contribution in [0.1, 0.15) is 79.2 Å². The largest absolute Gasteiger partial charge is 0.482 e. The van der Waals surface area contributed by atoms with Crippen LogP contribution in [-0.4, -0.2) is 273 Å². The topological polar surface area (TPSA) is 203 Å². The second-order valence-electron chi connectivity index (χ2n) is 34.4. The second kappa shape index (κ2) is 41.5. The number of rotatable bonds is 20. The number of hydrogen-bond donors (Lipinski definition) is 0. The zero-order valence-corrected chi connectivity index (χ0v) is 77.1. The number of nitrogens with zero attached hydrogens (tertiary/aromatic N) is 12. The molecule has 0 aromatic heterocycles. The molecule has 8 aliphatic heterocycles. The van der Waals surface area contributed by atoms with Gasteiger partial charge in [-0.05, 0) is 236 Å². The molecule has 0 N–H and O–H groups in total. The van der Waals surface area contributed by atoms with Crippen molar-refractivity contribution in [2.45, 2.75) is 84.8 Å². The number of thioether (sulfide) groups is 1. The highest BCUT2D eigenvalue weighted by atomic mass is 35.5. The number of hydrogen-bond acceptors (Lipinski definition) is 16. The first-order valence-electron chi connectivity index (χ1n) is 43.0. The van der Waals surface area contributed by atoms with Crippen LogP contribution in [0, 0.1) is 12.7 Å². The molecule has 4 saturated heterocycles. The van der Waals surface area contributed by atoms with Gasteiger partial charge in [0.05, 0.1) is 50.2 Å². The van der Waals surface area contributed by atoms with E-state index in [1.165, 1.54) is 17.0 Å². The minimum atomic E-state index is -0.588. The van der Waals surface area contributed by atoms with Crippen molar-refractivity contribution in [3.63, 3.8) is 0 Å². The van der Waals surface area contributed by atoms with E-state index in [4.69, 9.17) is 60.6 Å². The number of para-hydroxylation sites is 3. The van der Waals surface area contributed by atoms with Crippen LogP contribution in [0.5, 0.6) is 17.2 Å². The van der Waals surface area contributed by atoms with Gasteiger partial charge in [0.2, 0.25) is 29.5 Å². The molecule has 8 heterocycles. The molecule has 0 saturated carbocycles. The van der Waals surface area contributed by atoms with E-state index in [0.29, 0.717) is 82.8 Å². The van der Waals surface area contributed by atoms with Gasteiger partial charge in [0.1, 0.15) is 23.1 Å². The van der Waals surface area contributed by atoms with Crippen LogP contribution in [0.15, 0.2) is 187 Å². The molecule has 29 heteroatoms. The van der Waals surface area contributed by atoms with E-state index in [1.54, 1.807) is 56.4 Å². The van der Waals surface area contributed by atoms with Crippen molar-refractivity contribution in [2.75, 3.05) is 206 Å². The molecule has 23 nitrogen and oxygen atoms in total. The molecule has 0 spiro atoms. The summed E-state index contributed by atoms with van der Waals surface area (Å²) in [7, 11) is 14.5. The number of aryl methyl sites for hydroxylation is 1. The summed E-state index contributed by atoms with van der Waals surface area (Å²) in [5.41, 5.74) is 6.13. The van der Waals surface area contributed by atoms with Gasteiger partial charge in [0, 0.05) is 140 Å². The number of ether oxygens (including phenoxy) is 3. The van der Waals surface area contributed by atoms with Crippen molar-refractivity contribution in [2.24, 2.45) is 0 Å². The average molecular weight is 1820 g/mol. The minimum Gasteiger partial charge on any atom is -0.482 e. The number of amides is 8. The van der Waals surface area contributed by atoms with Crippen molar-refractivity contribution in [3.05, 3.63) is 236 Å². The molecule has 16 rings (SSSR count). The normalized spacial score (nSPS) is 18.3. The molecule has 0 unspecified atom stereocenters. The van der Waals surface area contributed by atoms with Gasteiger partial charge in [-0.25, -0.2) is 4.39 Å². The first-order chi connectivity index (χ1) is 60.4. The van der Waals surface area contributed by atoms with Gasteiger partial charge in [-0.1, -0.05) is 125 Å². The van der Waals surface area contributed by atoms with Gasteiger partial charge in [0.15, 0.2) is 19.8 Å². The summed E-state index contributed by atoms with van der Waals surface area (Å²) in [4.78, 5) is 127. The van der Waals surface area contributed by atoms with E-state index in [-0.39, 0.29) is 67.1 Å². The fourth-order valence-corrected chi connectivity index (χ4v) is 20.1. The van der Waals surface area contributed by atoms with Gasteiger partial charge >= 0.3 is 0 Å². The van der Waals surface area contributed by atoms with Crippen molar-refractivity contribution < 1.29 is 57.0 Å². The minimum absolute atomic E-state index is 0.0154. The Morgan fingerprint density at radius 1 is 0.341 bits per heavy atom. The Morgan fingerprint density at radius 2 is 0.619 bits per heavy atom. The number of benzene rings is 8. The van der Waals surface area contributed by atoms with E-state index in [9.17, 15) is 42.7 Å². The lowest BCUT2D eigenvalue weighted by atomic mass is 9.71. The Morgan fingerprint density at radius 3 is 0.952 bits per heavy atom. The lowest BCUT2D eigenvalue weighted by Crippen LogP contribution is -2.52. The Bertz CT molecular complexity index is 4870. The molecule has 668 valence electrons. The fraction of sp³-hybridized carbons (Fsp3) is 0.423. The number of likely N-dealkylation sites (N-methyl/N-ethyl adjacent to an activating group) is 4. The van der Waals surface area contributed by atoms with Crippen molar-refractivity contribution in [1.29, 1.82) is 0 Å². The predicted octanol–water partition coefficient (Wildman–Crippen LogP) is 13.9. The Hall–Kier alpha value is -9.80. The maximum absolute atomic E-state index is 13.8. The first kappa shape index (κ1) is 93.8. The maximum Gasteiger partial charge on any atom is 0.265 e.